The number of carbonyl (C=O) groups is 2. The quantitative estimate of drug-likeness (QED) is 0.760. The molecule has 0 radical (unpaired) electrons. The highest BCUT2D eigenvalue weighted by atomic mass is 16.5. The number of carbonyl (C=O) groups excluding carboxylic acids is 1. The number of methoxy groups -OCH3 is 1. The van der Waals surface area contributed by atoms with Gasteiger partial charge in [-0.1, -0.05) is 0 Å². The maximum atomic E-state index is 10.6. The smallest absolute Gasteiger partial charge is 0.307 e. The molecule has 0 atom stereocenters. The summed E-state index contributed by atoms with van der Waals surface area (Å²) >= 11 is 0. The maximum absolute atomic E-state index is 10.6. The van der Waals surface area contributed by atoms with Crippen molar-refractivity contribution in [3.63, 3.8) is 0 Å². The summed E-state index contributed by atoms with van der Waals surface area (Å²) in [6, 6.07) is 3.16. The van der Waals surface area contributed by atoms with Gasteiger partial charge in [0.05, 0.1) is 13.5 Å². The molecule has 0 aliphatic heterocycles. The molecular formula is C11H12O4. The van der Waals surface area contributed by atoms with Crippen molar-refractivity contribution in [3.8, 4) is 5.75 Å². The number of hydrogen-bond acceptors (Lipinski definition) is 3. The Labute approximate surface area is 87.5 Å². The molecule has 1 N–H and O–H groups in total. The van der Waals surface area contributed by atoms with Crippen molar-refractivity contribution >= 4 is 12.3 Å². The lowest BCUT2D eigenvalue weighted by molar-refractivity contribution is -0.136. The van der Waals surface area contributed by atoms with Crippen molar-refractivity contribution in [1.82, 2.24) is 0 Å². The van der Waals surface area contributed by atoms with Crippen LogP contribution in [0.2, 0.25) is 0 Å². The molecule has 0 unspecified atom stereocenters. The average molecular weight is 208 g/mol. The predicted octanol–water partition coefficient (Wildman–Crippen LogP) is 1.44. The first-order chi connectivity index (χ1) is 7.08. The van der Waals surface area contributed by atoms with E-state index in [9.17, 15) is 9.59 Å². The van der Waals surface area contributed by atoms with Crippen LogP contribution >= 0.6 is 0 Å². The zero-order valence-electron chi connectivity index (χ0n) is 8.61. The lowest BCUT2D eigenvalue weighted by atomic mass is 10.0. The highest BCUT2D eigenvalue weighted by Gasteiger charge is 2.10. The van der Waals surface area contributed by atoms with Gasteiger partial charge in [-0.05, 0) is 30.2 Å². The van der Waals surface area contributed by atoms with Gasteiger partial charge in [0, 0.05) is 5.56 Å². The van der Waals surface area contributed by atoms with Crippen LogP contribution in [0.4, 0.5) is 0 Å². The summed E-state index contributed by atoms with van der Waals surface area (Å²) in [6.45, 7) is 1.77. The van der Waals surface area contributed by atoms with Crippen LogP contribution in [0.25, 0.3) is 0 Å². The summed E-state index contributed by atoms with van der Waals surface area (Å²) in [6.07, 6.45) is 0.567. The lowest BCUT2D eigenvalue weighted by Crippen LogP contribution is -2.04. The van der Waals surface area contributed by atoms with Crippen LogP contribution in [0, 0.1) is 6.92 Å². The number of ether oxygens (including phenoxy) is 1. The van der Waals surface area contributed by atoms with Gasteiger partial charge >= 0.3 is 5.97 Å². The van der Waals surface area contributed by atoms with Gasteiger partial charge in [-0.25, -0.2) is 0 Å². The van der Waals surface area contributed by atoms with Crippen molar-refractivity contribution in [3.05, 3.63) is 28.8 Å². The second-order valence-electron chi connectivity index (χ2n) is 3.20. The number of hydrogen-bond donors (Lipinski definition) is 1. The fourth-order valence-corrected chi connectivity index (χ4v) is 1.40. The summed E-state index contributed by atoms with van der Waals surface area (Å²) in [4.78, 5) is 21.2. The second-order valence-corrected chi connectivity index (χ2v) is 3.20. The number of aldehydes is 1. The van der Waals surface area contributed by atoms with Crippen LogP contribution in [0.5, 0.6) is 5.75 Å². The van der Waals surface area contributed by atoms with E-state index in [-0.39, 0.29) is 6.42 Å². The van der Waals surface area contributed by atoms with Crippen molar-refractivity contribution in [2.45, 2.75) is 13.3 Å². The Morgan fingerprint density at radius 3 is 2.67 bits per heavy atom. The predicted molar refractivity (Wildman–Crippen MR) is 54.5 cm³/mol. The summed E-state index contributed by atoms with van der Waals surface area (Å²) < 4.78 is 5.06. The monoisotopic (exact) mass is 208 g/mol. The van der Waals surface area contributed by atoms with E-state index < -0.39 is 5.97 Å². The Hall–Kier alpha value is -1.84. The number of rotatable bonds is 4. The normalized spacial score (nSPS) is 9.73. The third-order valence-electron chi connectivity index (χ3n) is 2.19. The van der Waals surface area contributed by atoms with E-state index in [2.05, 4.69) is 0 Å². The van der Waals surface area contributed by atoms with Crippen molar-refractivity contribution in [1.29, 1.82) is 0 Å². The highest BCUT2D eigenvalue weighted by molar-refractivity contribution is 5.78. The Kier molecular flexibility index (Phi) is 3.44. The van der Waals surface area contributed by atoms with Crippen LogP contribution < -0.4 is 4.74 Å². The first kappa shape index (κ1) is 11.2. The van der Waals surface area contributed by atoms with Crippen molar-refractivity contribution in [2.24, 2.45) is 0 Å². The van der Waals surface area contributed by atoms with E-state index in [1.54, 1.807) is 19.1 Å². The third-order valence-corrected chi connectivity index (χ3v) is 2.19. The van der Waals surface area contributed by atoms with Gasteiger partial charge in [0.2, 0.25) is 0 Å². The number of benzene rings is 1. The lowest BCUT2D eigenvalue weighted by Gasteiger charge is -2.09. The van der Waals surface area contributed by atoms with Crippen molar-refractivity contribution < 1.29 is 19.4 Å². The van der Waals surface area contributed by atoms with Gasteiger partial charge in [-0.2, -0.15) is 0 Å². The summed E-state index contributed by atoms with van der Waals surface area (Å²) in [5.74, 6) is -0.390. The largest absolute Gasteiger partial charge is 0.496 e. The fraction of sp³-hybridized carbons (Fsp3) is 0.273. The van der Waals surface area contributed by atoms with E-state index in [4.69, 9.17) is 9.84 Å². The van der Waals surface area contributed by atoms with Gasteiger partial charge in [0.1, 0.15) is 12.0 Å². The van der Waals surface area contributed by atoms with Gasteiger partial charge in [-0.3, -0.25) is 9.59 Å². The standard InChI is InChI=1S/C11H12O4/c1-7-9(5-11(13)14)3-8(6-12)4-10(7)15-2/h3-4,6H,5H2,1-2H3,(H,13,14). The molecule has 0 aliphatic rings. The molecule has 80 valence electrons. The molecular weight excluding hydrogens is 196 g/mol. The van der Waals surface area contributed by atoms with E-state index in [0.717, 1.165) is 5.56 Å². The number of carboxylic acids is 1. The van der Waals surface area contributed by atoms with Gasteiger partial charge in [-0.15, -0.1) is 0 Å². The van der Waals surface area contributed by atoms with Crippen LogP contribution in [0.3, 0.4) is 0 Å². The molecule has 4 heteroatoms. The van der Waals surface area contributed by atoms with Crippen LogP contribution in [-0.2, 0) is 11.2 Å². The van der Waals surface area contributed by atoms with Crippen LogP contribution in [-0.4, -0.2) is 24.5 Å². The minimum absolute atomic E-state index is 0.107. The molecule has 0 fully saturated rings. The van der Waals surface area contributed by atoms with E-state index >= 15 is 0 Å². The van der Waals surface area contributed by atoms with E-state index in [0.29, 0.717) is 23.2 Å². The van der Waals surface area contributed by atoms with Gasteiger partial charge < -0.3 is 9.84 Å². The van der Waals surface area contributed by atoms with Crippen LogP contribution in [0.15, 0.2) is 12.1 Å². The zero-order valence-corrected chi connectivity index (χ0v) is 8.61. The minimum Gasteiger partial charge on any atom is -0.496 e. The fourth-order valence-electron chi connectivity index (χ4n) is 1.40. The minimum atomic E-state index is -0.928. The van der Waals surface area contributed by atoms with Gasteiger partial charge in [0.25, 0.3) is 0 Å². The molecule has 0 heterocycles. The number of carboxylic acid groups (broad SMARTS) is 1. The molecule has 1 aromatic rings. The molecule has 1 aromatic carbocycles. The molecule has 0 aromatic heterocycles. The summed E-state index contributed by atoms with van der Waals surface area (Å²) in [7, 11) is 1.49. The average Bonchev–Trinajstić information content (AvgIpc) is 2.20. The molecule has 1 rings (SSSR count). The Balaban J connectivity index is 3.23. The Morgan fingerprint density at radius 1 is 1.53 bits per heavy atom. The molecule has 0 amide bonds. The third kappa shape index (κ3) is 2.56. The molecule has 0 spiro atoms. The first-order valence-electron chi connectivity index (χ1n) is 4.43. The second kappa shape index (κ2) is 4.59. The molecule has 0 saturated carbocycles. The maximum Gasteiger partial charge on any atom is 0.307 e. The molecule has 15 heavy (non-hydrogen) atoms. The van der Waals surface area contributed by atoms with Crippen LogP contribution in [0.1, 0.15) is 21.5 Å². The molecule has 0 saturated heterocycles. The molecule has 0 bridgehead atoms. The van der Waals surface area contributed by atoms with E-state index in [1.165, 1.54) is 7.11 Å². The summed E-state index contributed by atoms with van der Waals surface area (Å²) in [5, 5.41) is 8.69. The first-order valence-corrected chi connectivity index (χ1v) is 4.43. The Bertz CT molecular complexity index is 396. The zero-order chi connectivity index (χ0) is 11.4. The van der Waals surface area contributed by atoms with Crippen molar-refractivity contribution in [2.75, 3.05) is 7.11 Å². The topological polar surface area (TPSA) is 63.6 Å². The number of aliphatic carboxylic acids is 1. The van der Waals surface area contributed by atoms with Gasteiger partial charge in [0.15, 0.2) is 0 Å². The highest BCUT2D eigenvalue weighted by Crippen LogP contribution is 2.23. The van der Waals surface area contributed by atoms with E-state index in [1.807, 2.05) is 0 Å². The Morgan fingerprint density at radius 2 is 2.20 bits per heavy atom. The SMILES string of the molecule is COc1cc(C=O)cc(CC(=O)O)c1C. The molecule has 0 aliphatic carbocycles. The molecule has 4 nitrogen and oxygen atoms in total. The summed E-state index contributed by atoms with van der Waals surface area (Å²) in [5.41, 5.74) is 1.78.